The molecule has 2 atom stereocenters. The van der Waals surface area contributed by atoms with E-state index in [4.69, 9.17) is 20.4 Å². The first-order valence-corrected chi connectivity index (χ1v) is 9.61. The molecule has 1 aromatic carbocycles. The second-order valence-electron chi connectivity index (χ2n) is 6.70. The first-order chi connectivity index (χ1) is 13.4. The minimum Gasteiger partial charge on any atom is -0.464 e. The Hall–Kier alpha value is -2.30. The number of hydroxylamine groups is 1. The summed E-state index contributed by atoms with van der Waals surface area (Å²) in [6.07, 6.45) is 0.314. The Labute approximate surface area is 169 Å². The van der Waals surface area contributed by atoms with Gasteiger partial charge in [-0.1, -0.05) is 22.0 Å². The Morgan fingerprint density at radius 3 is 3.00 bits per heavy atom. The van der Waals surface area contributed by atoms with Crippen molar-refractivity contribution >= 4 is 33.4 Å². The van der Waals surface area contributed by atoms with Gasteiger partial charge in [0.05, 0.1) is 23.9 Å². The third kappa shape index (κ3) is 3.54. The Kier molecular flexibility index (Phi) is 5.17. The zero-order valence-electron chi connectivity index (χ0n) is 15.1. The van der Waals surface area contributed by atoms with Gasteiger partial charge in [0.2, 0.25) is 0 Å². The number of fused-ring (bicyclic) bond motifs is 1. The van der Waals surface area contributed by atoms with Gasteiger partial charge in [0.1, 0.15) is 12.5 Å². The number of hydrazine groups is 1. The fourth-order valence-corrected chi connectivity index (χ4v) is 3.98. The van der Waals surface area contributed by atoms with E-state index in [0.717, 1.165) is 22.5 Å². The number of halogens is 2. The van der Waals surface area contributed by atoms with Crippen molar-refractivity contribution < 1.29 is 18.8 Å². The molecule has 3 aliphatic rings. The molecule has 0 aliphatic carbocycles. The van der Waals surface area contributed by atoms with Gasteiger partial charge in [-0.05, 0) is 24.6 Å². The predicted molar refractivity (Wildman–Crippen MR) is 104 cm³/mol. The molecule has 148 valence electrons. The molecule has 0 bridgehead atoms. The van der Waals surface area contributed by atoms with Crippen LogP contribution >= 0.6 is 15.9 Å². The van der Waals surface area contributed by atoms with Crippen LogP contribution in [0.5, 0.6) is 0 Å². The molecule has 1 fully saturated rings. The molecule has 3 N–H and O–H groups in total. The molecule has 0 aromatic heterocycles. The van der Waals surface area contributed by atoms with Gasteiger partial charge in [-0.25, -0.2) is 20.5 Å². The highest BCUT2D eigenvalue weighted by Crippen LogP contribution is 2.35. The quantitative estimate of drug-likeness (QED) is 0.414. The first-order valence-electron chi connectivity index (χ1n) is 8.82. The number of rotatable bonds is 3. The number of hydrogen-bond acceptors (Lipinski definition) is 8. The molecule has 0 amide bonds. The molecule has 1 aromatic rings. The van der Waals surface area contributed by atoms with E-state index in [9.17, 15) is 9.18 Å². The Morgan fingerprint density at radius 1 is 1.46 bits per heavy atom. The van der Waals surface area contributed by atoms with Gasteiger partial charge in [-0.15, -0.1) is 0 Å². The SMILES string of the molecule is CC1=C2C(=NCN1N)C[C@H](c1ccc(F)cc1Br)N=C2NOC1CCOC1=O. The Morgan fingerprint density at radius 2 is 2.29 bits per heavy atom. The standard InChI is InChI=1S/C18H19BrFN5O3/c1-9-16-14(22-8-25(9)21)7-13(11-3-2-10(20)6-12(11)19)23-17(16)24-28-15-4-5-27-18(15)26/h2-3,6,13,15H,4-5,7-8,21H2,1H3,(H,23,24)/t13-,15?/m1/s1. The number of hydrogen-bond donors (Lipinski definition) is 2. The van der Waals surface area contributed by atoms with E-state index in [1.807, 2.05) is 6.92 Å². The number of benzene rings is 1. The van der Waals surface area contributed by atoms with E-state index in [1.54, 1.807) is 6.07 Å². The average molecular weight is 452 g/mol. The number of amidine groups is 1. The van der Waals surface area contributed by atoms with Crippen LogP contribution in [0.1, 0.15) is 31.4 Å². The molecule has 0 spiro atoms. The fourth-order valence-electron chi connectivity index (χ4n) is 3.36. The van der Waals surface area contributed by atoms with E-state index in [0.29, 0.717) is 36.4 Å². The fraction of sp³-hybridized carbons (Fsp3) is 0.389. The Balaban J connectivity index is 1.68. The third-order valence-electron chi connectivity index (χ3n) is 4.91. The minimum absolute atomic E-state index is 0.295. The van der Waals surface area contributed by atoms with Gasteiger partial charge in [0, 0.05) is 23.0 Å². The number of esters is 1. The van der Waals surface area contributed by atoms with Crippen LogP contribution in [-0.4, -0.2) is 41.9 Å². The van der Waals surface area contributed by atoms with Crippen molar-refractivity contribution in [3.63, 3.8) is 0 Å². The zero-order valence-corrected chi connectivity index (χ0v) is 16.7. The van der Waals surface area contributed by atoms with Crippen LogP contribution in [0.25, 0.3) is 0 Å². The van der Waals surface area contributed by atoms with Crippen molar-refractivity contribution in [2.24, 2.45) is 15.8 Å². The summed E-state index contributed by atoms with van der Waals surface area (Å²) in [5.41, 5.74) is 6.01. The summed E-state index contributed by atoms with van der Waals surface area (Å²) in [7, 11) is 0. The zero-order chi connectivity index (χ0) is 19.8. The molecule has 4 rings (SSSR count). The van der Waals surface area contributed by atoms with Gasteiger partial charge >= 0.3 is 5.97 Å². The lowest BCUT2D eigenvalue weighted by molar-refractivity contribution is -0.149. The highest BCUT2D eigenvalue weighted by molar-refractivity contribution is 9.10. The first kappa shape index (κ1) is 19.0. The molecule has 1 saturated heterocycles. The number of allylic oxidation sites excluding steroid dienone is 1. The van der Waals surface area contributed by atoms with Crippen molar-refractivity contribution in [3.8, 4) is 0 Å². The molecule has 10 heteroatoms. The predicted octanol–water partition coefficient (Wildman–Crippen LogP) is 2.13. The van der Waals surface area contributed by atoms with E-state index in [-0.39, 0.29) is 11.9 Å². The van der Waals surface area contributed by atoms with Crippen LogP contribution in [-0.2, 0) is 14.4 Å². The second kappa shape index (κ2) is 7.61. The topological polar surface area (TPSA) is 102 Å². The number of ether oxygens (including phenoxy) is 1. The maximum atomic E-state index is 13.5. The van der Waals surface area contributed by atoms with Crippen LogP contribution in [0.3, 0.4) is 0 Å². The average Bonchev–Trinajstić information content (AvgIpc) is 3.07. The number of aliphatic imine (C=N–C) groups is 2. The number of nitrogens with two attached hydrogens (primary N) is 1. The maximum Gasteiger partial charge on any atom is 0.338 e. The van der Waals surface area contributed by atoms with Gasteiger partial charge in [-0.2, -0.15) is 0 Å². The van der Waals surface area contributed by atoms with Crippen molar-refractivity contribution in [1.82, 2.24) is 10.5 Å². The molecule has 3 heterocycles. The molecule has 1 unspecified atom stereocenters. The van der Waals surface area contributed by atoms with Crippen molar-refractivity contribution in [2.45, 2.75) is 31.9 Å². The smallest absolute Gasteiger partial charge is 0.338 e. The van der Waals surface area contributed by atoms with Gasteiger partial charge < -0.3 is 4.74 Å². The van der Waals surface area contributed by atoms with Crippen LogP contribution in [0.2, 0.25) is 0 Å². The third-order valence-corrected chi connectivity index (χ3v) is 5.60. The number of cyclic esters (lactones) is 1. The van der Waals surface area contributed by atoms with Gasteiger partial charge in [0.15, 0.2) is 11.9 Å². The van der Waals surface area contributed by atoms with E-state index in [1.165, 1.54) is 17.1 Å². The van der Waals surface area contributed by atoms with E-state index in [2.05, 4.69) is 26.4 Å². The van der Waals surface area contributed by atoms with E-state index < -0.39 is 12.1 Å². The van der Waals surface area contributed by atoms with Crippen LogP contribution < -0.4 is 11.3 Å². The summed E-state index contributed by atoms with van der Waals surface area (Å²) < 4.78 is 19.0. The lowest BCUT2D eigenvalue weighted by Gasteiger charge is -2.33. The van der Waals surface area contributed by atoms with E-state index >= 15 is 0 Å². The van der Waals surface area contributed by atoms with Crippen LogP contribution in [0.4, 0.5) is 4.39 Å². The summed E-state index contributed by atoms with van der Waals surface area (Å²) in [5.74, 6) is 5.68. The van der Waals surface area contributed by atoms with Crippen molar-refractivity contribution in [2.75, 3.05) is 13.3 Å². The second-order valence-corrected chi connectivity index (χ2v) is 7.56. The summed E-state index contributed by atoms with van der Waals surface area (Å²) in [6.45, 7) is 2.54. The largest absolute Gasteiger partial charge is 0.464 e. The highest BCUT2D eigenvalue weighted by atomic mass is 79.9. The van der Waals surface area contributed by atoms with Gasteiger partial charge in [0.25, 0.3) is 0 Å². The highest BCUT2D eigenvalue weighted by Gasteiger charge is 2.34. The monoisotopic (exact) mass is 451 g/mol. The maximum absolute atomic E-state index is 13.5. The molecular weight excluding hydrogens is 433 g/mol. The van der Waals surface area contributed by atoms with Crippen molar-refractivity contribution in [3.05, 3.63) is 45.3 Å². The number of carbonyl (C=O) groups is 1. The number of carbonyl (C=O) groups excluding carboxylic acids is 1. The minimum atomic E-state index is -0.695. The summed E-state index contributed by atoms with van der Waals surface area (Å²) in [6, 6.07) is 4.20. The summed E-state index contributed by atoms with van der Waals surface area (Å²) in [4.78, 5) is 26.5. The molecule has 0 saturated carbocycles. The van der Waals surface area contributed by atoms with Crippen molar-refractivity contribution in [1.29, 1.82) is 0 Å². The van der Waals surface area contributed by atoms with Crippen LogP contribution in [0, 0.1) is 5.82 Å². The Bertz CT molecular complexity index is 916. The number of nitrogens with one attached hydrogen (secondary N) is 1. The van der Waals surface area contributed by atoms with Crippen LogP contribution in [0.15, 0.2) is 43.9 Å². The van der Waals surface area contributed by atoms with Gasteiger partial charge in [-0.3, -0.25) is 19.8 Å². The summed E-state index contributed by atoms with van der Waals surface area (Å²) >= 11 is 3.41. The summed E-state index contributed by atoms with van der Waals surface area (Å²) in [5, 5.41) is 1.52. The normalized spacial score (nSPS) is 24.6. The molecule has 28 heavy (non-hydrogen) atoms. The molecular formula is C18H19BrFN5O3. The molecule has 8 nitrogen and oxygen atoms in total. The molecule has 3 aliphatic heterocycles. The molecule has 0 radical (unpaired) electrons. The lowest BCUT2D eigenvalue weighted by atomic mass is 9.92. The number of nitrogens with zero attached hydrogens (tertiary/aromatic N) is 3. The lowest BCUT2D eigenvalue weighted by Crippen LogP contribution is -2.43.